The number of aliphatic hydroxyl groups excluding tert-OH is 3. The highest BCUT2D eigenvalue weighted by atomic mass is 19.3. The largest absolute Gasteiger partial charge is 0.394 e. The van der Waals surface area contributed by atoms with E-state index in [-0.39, 0.29) is 5.56 Å². The molecule has 5 N–H and O–H groups in total. The van der Waals surface area contributed by atoms with Crippen molar-refractivity contribution in [3.63, 3.8) is 0 Å². The summed E-state index contributed by atoms with van der Waals surface area (Å²) in [5, 5.41) is 28.7. The Kier molecular flexibility index (Phi) is 6.18. The van der Waals surface area contributed by atoms with E-state index in [9.17, 15) is 32.6 Å². The lowest BCUT2D eigenvalue weighted by Crippen LogP contribution is -2.36. The highest BCUT2D eigenvalue weighted by molar-refractivity contribution is 5.36. The summed E-state index contributed by atoms with van der Waals surface area (Å²) in [5.41, 5.74) is 4.39. The third kappa shape index (κ3) is 4.12. The quantitative estimate of drug-likeness (QED) is 0.430. The Labute approximate surface area is 143 Å². The number of alkyl halides is 4. The third-order valence-electron chi connectivity index (χ3n) is 3.72. The molecule has 1 fully saturated rings. The van der Waals surface area contributed by atoms with Crippen LogP contribution in [-0.2, 0) is 16.1 Å². The number of aliphatic hydroxyl groups is 3. The molecule has 26 heavy (non-hydrogen) atoms. The second-order valence-electron chi connectivity index (χ2n) is 5.62. The number of aromatic nitrogens is 2. The van der Waals surface area contributed by atoms with E-state index in [0.29, 0.717) is 0 Å². The maximum Gasteiger partial charge on any atom is 0.351 e. The van der Waals surface area contributed by atoms with E-state index in [2.05, 4.69) is 9.72 Å². The number of hydrogen-bond donors (Lipinski definition) is 4. The molecule has 0 spiro atoms. The molecule has 1 aliphatic rings. The van der Waals surface area contributed by atoms with Crippen molar-refractivity contribution < 1.29 is 42.4 Å². The highest BCUT2D eigenvalue weighted by Gasteiger charge is 2.44. The van der Waals surface area contributed by atoms with Crippen molar-refractivity contribution in [2.24, 2.45) is 0 Å². The first-order valence-corrected chi connectivity index (χ1v) is 7.32. The molecular formula is C13H17F4N3O6. The van der Waals surface area contributed by atoms with Crippen LogP contribution in [0.3, 0.4) is 0 Å². The van der Waals surface area contributed by atoms with Gasteiger partial charge in [-0.15, -0.1) is 0 Å². The average molecular weight is 387 g/mol. The fourth-order valence-corrected chi connectivity index (χ4v) is 2.29. The van der Waals surface area contributed by atoms with Crippen LogP contribution in [0.1, 0.15) is 11.8 Å². The van der Waals surface area contributed by atoms with E-state index >= 15 is 0 Å². The molecule has 13 heteroatoms. The van der Waals surface area contributed by atoms with Crippen molar-refractivity contribution in [1.29, 1.82) is 0 Å². The zero-order valence-corrected chi connectivity index (χ0v) is 13.1. The number of ether oxygens (including phenoxy) is 2. The summed E-state index contributed by atoms with van der Waals surface area (Å²) in [7, 11) is 0. The summed E-state index contributed by atoms with van der Waals surface area (Å²) in [4.78, 5) is 15.3. The van der Waals surface area contributed by atoms with Gasteiger partial charge in [0, 0.05) is 11.8 Å². The first-order chi connectivity index (χ1) is 12.1. The van der Waals surface area contributed by atoms with Crippen molar-refractivity contribution >= 4 is 5.82 Å². The molecule has 0 unspecified atom stereocenters. The summed E-state index contributed by atoms with van der Waals surface area (Å²) in [6.45, 7) is -2.89. The van der Waals surface area contributed by atoms with Gasteiger partial charge in [-0.2, -0.15) is 13.8 Å². The molecule has 0 bridgehead atoms. The first kappa shape index (κ1) is 20.5. The van der Waals surface area contributed by atoms with Gasteiger partial charge in [0.05, 0.1) is 13.2 Å². The second-order valence-corrected chi connectivity index (χ2v) is 5.62. The van der Waals surface area contributed by atoms with Gasteiger partial charge in [-0.25, -0.2) is 13.6 Å². The van der Waals surface area contributed by atoms with Gasteiger partial charge in [0.1, 0.15) is 30.7 Å². The molecule has 0 aromatic carbocycles. The Morgan fingerprint density at radius 2 is 2.04 bits per heavy atom. The molecular weight excluding hydrogens is 370 g/mol. The summed E-state index contributed by atoms with van der Waals surface area (Å²) in [6.07, 6.45) is -8.60. The molecule has 2 heterocycles. The summed E-state index contributed by atoms with van der Waals surface area (Å²) >= 11 is 0. The van der Waals surface area contributed by atoms with E-state index in [1.807, 2.05) is 0 Å². The maximum absolute atomic E-state index is 12.8. The number of nitrogens with two attached hydrogens (primary N) is 1. The molecule has 148 valence electrons. The average Bonchev–Trinajstić information content (AvgIpc) is 2.84. The zero-order valence-electron chi connectivity index (χ0n) is 13.1. The minimum atomic E-state index is -4.36. The second kappa shape index (κ2) is 7.84. The molecule has 4 atom stereocenters. The van der Waals surface area contributed by atoms with Crippen molar-refractivity contribution in [2.45, 2.75) is 43.5 Å². The van der Waals surface area contributed by atoms with Crippen molar-refractivity contribution in [3.8, 4) is 0 Å². The maximum atomic E-state index is 12.8. The number of rotatable bonds is 7. The van der Waals surface area contributed by atoms with Crippen LogP contribution in [0.4, 0.5) is 23.4 Å². The summed E-state index contributed by atoms with van der Waals surface area (Å²) in [6, 6.07) is 0. The van der Waals surface area contributed by atoms with Crippen LogP contribution in [0.15, 0.2) is 11.0 Å². The Morgan fingerprint density at radius 1 is 1.38 bits per heavy atom. The van der Waals surface area contributed by atoms with Gasteiger partial charge < -0.3 is 30.5 Å². The van der Waals surface area contributed by atoms with Crippen LogP contribution in [-0.4, -0.2) is 68.7 Å². The number of anilines is 1. The molecule has 9 nitrogen and oxygen atoms in total. The zero-order chi connectivity index (χ0) is 19.6. The monoisotopic (exact) mass is 387 g/mol. The smallest absolute Gasteiger partial charge is 0.351 e. The lowest BCUT2D eigenvalue weighted by molar-refractivity contribution is -0.168. The minimum Gasteiger partial charge on any atom is -0.394 e. The van der Waals surface area contributed by atoms with Crippen molar-refractivity contribution in [1.82, 2.24) is 9.55 Å². The normalized spacial score (nSPS) is 26.6. The van der Waals surface area contributed by atoms with Crippen LogP contribution in [0.25, 0.3) is 0 Å². The Balaban J connectivity index is 2.18. The van der Waals surface area contributed by atoms with Crippen LogP contribution in [0, 0.1) is 0 Å². The summed E-state index contributed by atoms with van der Waals surface area (Å²) < 4.78 is 60.2. The Hall–Kier alpha value is -1.80. The van der Waals surface area contributed by atoms with Gasteiger partial charge in [-0.1, -0.05) is 0 Å². The Bertz CT molecular complexity index is 688. The van der Waals surface area contributed by atoms with Gasteiger partial charge in [0.15, 0.2) is 6.23 Å². The van der Waals surface area contributed by atoms with E-state index in [4.69, 9.17) is 15.6 Å². The Morgan fingerprint density at radius 3 is 2.58 bits per heavy atom. The molecule has 1 aromatic heterocycles. The van der Waals surface area contributed by atoms with Crippen LogP contribution in [0.2, 0.25) is 0 Å². The molecule has 1 aliphatic heterocycles. The van der Waals surface area contributed by atoms with Gasteiger partial charge in [0.25, 0.3) is 0 Å². The van der Waals surface area contributed by atoms with Gasteiger partial charge in [-0.05, 0) is 0 Å². The highest BCUT2D eigenvalue weighted by Crippen LogP contribution is 2.29. The number of halogens is 4. The standard InChI is InChI=1S/C13H17F4N3O6/c14-11(15)13(16,17)4-25-3-5-1-20(12(24)19-9(5)18)10-8(23)7(22)6(2-21)26-10/h1,6-8,10-11,21-23H,2-4H2,(H2,18,19,24)/t6-,7-,8-,10-/m1/s1. The van der Waals surface area contributed by atoms with Gasteiger partial charge >= 0.3 is 18.0 Å². The van der Waals surface area contributed by atoms with E-state index in [1.54, 1.807) is 0 Å². The topological polar surface area (TPSA) is 140 Å². The van der Waals surface area contributed by atoms with Crippen molar-refractivity contribution in [2.75, 3.05) is 18.9 Å². The SMILES string of the molecule is Nc1nc(=O)n([C@@H]2O[C@H](CO)[C@@H](O)[C@H]2O)cc1COCC(F)(F)C(F)F. The van der Waals surface area contributed by atoms with Crippen LogP contribution in [0.5, 0.6) is 0 Å². The number of nitrogen functional groups attached to an aromatic ring is 1. The molecule has 0 radical (unpaired) electrons. The molecule has 2 rings (SSSR count). The molecule has 0 amide bonds. The lowest BCUT2D eigenvalue weighted by Gasteiger charge is -2.19. The fourth-order valence-electron chi connectivity index (χ4n) is 2.29. The minimum absolute atomic E-state index is 0.104. The van der Waals surface area contributed by atoms with E-state index in [1.165, 1.54) is 0 Å². The van der Waals surface area contributed by atoms with E-state index < -0.39 is 68.2 Å². The molecule has 1 aromatic rings. The fraction of sp³-hybridized carbons (Fsp3) is 0.692. The predicted molar refractivity (Wildman–Crippen MR) is 76.5 cm³/mol. The van der Waals surface area contributed by atoms with Crippen LogP contribution >= 0.6 is 0 Å². The molecule has 0 aliphatic carbocycles. The van der Waals surface area contributed by atoms with Crippen LogP contribution < -0.4 is 11.4 Å². The molecule has 1 saturated heterocycles. The lowest BCUT2D eigenvalue weighted by atomic mass is 10.1. The number of nitrogens with zero attached hydrogens (tertiary/aromatic N) is 2. The van der Waals surface area contributed by atoms with Crippen molar-refractivity contribution in [3.05, 3.63) is 22.2 Å². The van der Waals surface area contributed by atoms with Gasteiger partial charge in [0.2, 0.25) is 0 Å². The third-order valence-corrected chi connectivity index (χ3v) is 3.72. The first-order valence-electron chi connectivity index (χ1n) is 7.32. The predicted octanol–water partition coefficient (Wildman–Crippen LogP) is -1.15. The van der Waals surface area contributed by atoms with E-state index in [0.717, 1.165) is 10.8 Å². The number of hydrogen-bond acceptors (Lipinski definition) is 8. The summed E-state index contributed by atoms with van der Waals surface area (Å²) in [5.74, 6) is -4.75. The van der Waals surface area contributed by atoms with Gasteiger partial charge in [-0.3, -0.25) is 4.57 Å². The molecule has 0 saturated carbocycles.